The van der Waals surface area contributed by atoms with Crippen molar-refractivity contribution in [3.05, 3.63) is 112 Å². The average molecular weight is 509 g/mol. The zero-order valence-corrected chi connectivity index (χ0v) is 22.0. The Kier molecular flexibility index (Phi) is 8.11. The van der Waals surface area contributed by atoms with Crippen molar-refractivity contribution in [2.45, 2.75) is 52.1 Å². The summed E-state index contributed by atoms with van der Waals surface area (Å²) in [6, 6.07) is 25.9. The molecule has 0 fully saturated rings. The van der Waals surface area contributed by atoms with Crippen LogP contribution >= 0.6 is 11.3 Å². The maximum Gasteiger partial charge on any atom is 0.259 e. The van der Waals surface area contributed by atoms with Gasteiger partial charge in [-0.15, -0.1) is 11.3 Å². The fraction of sp³-hybridized carbons (Fsp3) is 0.250. The number of carbonyl (C=O) groups is 1. The molecule has 4 nitrogen and oxygen atoms in total. The van der Waals surface area contributed by atoms with Gasteiger partial charge < -0.3 is 10.1 Å². The standard InChI is InChI=1S/C32H32N2O2S/c1-23-10-9-11-25(20-23)22-36-27-18-16-24(17-19-27)21-33-32-30(31(35)34-26-12-5-4-6-13-26)28-14-7-2-3-8-15-29(28)37-32/h4-6,9-13,16-21H,2-3,7-8,14-15,22H2,1H3,(H,34,35). The number of anilines is 1. The van der Waals surface area contributed by atoms with Gasteiger partial charge in [0.05, 0.1) is 5.56 Å². The lowest BCUT2D eigenvalue weighted by atomic mass is 9.96. The molecule has 0 bridgehead atoms. The SMILES string of the molecule is Cc1cccc(COc2ccc(C=Nc3sc4c(c3C(=O)Nc3ccccc3)CCCCCC4)cc2)c1. The molecule has 5 rings (SSSR count). The van der Waals surface area contributed by atoms with Crippen molar-refractivity contribution < 1.29 is 9.53 Å². The molecule has 0 saturated carbocycles. The van der Waals surface area contributed by atoms with Gasteiger partial charge in [0.1, 0.15) is 17.4 Å². The molecule has 0 aliphatic heterocycles. The van der Waals surface area contributed by atoms with Gasteiger partial charge in [-0.25, -0.2) is 4.99 Å². The van der Waals surface area contributed by atoms with Gasteiger partial charge in [-0.1, -0.05) is 60.9 Å². The minimum atomic E-state index is -0.0729. The number of amides is 1. The molecule has 0 radical (unpaired) electrons. The zero-order valence-electron chi connectivity index (χ0n) is 21.2. The summed E-state index contributed by atoms with van der Waals surface area (Å²) in [5.74, 6) is 0.747. The van der Waals surface area contributed by atoms with Gasteiger partial charge in [0.2, 0.25) is 0 Å². The van der Waals surface area contributed by atoms with Crippen LogP contribution in [0.5, 0.6) is 5.75 Å². The molecule has 0 atom stereocenters. The van der Waals surface area contributed by atoms with Crippen LogP contribution in [0, 0.1) is 6.92 Å². The van der Waals surface area contributed by atoms with Crippen molar-refractivity contribution >= 4 is 34.1 Å². The summed E-state index contributed by atoms with van der Waals surface area (Å²) in [5, 5.41) is 3.88. The van der Waals surface area contributed by atoms with E-state index in [0.717, 1.165) is 52.4 Å². The van der Waals surface area contributed by atoms with Gasteiger partial charge in [0, 0.05) is 16.8 Å². The van der Waals surface area contributed by atoms with Crippen LogP contribution in [0.15, 0.2) is 83.9 Å². The number of carbonyl (C=O) groups excluding carboxylic acids is 1. The number of benzene rings is 3. The van der Waals surface area contributed by atoms with Crippen molar-refractivity contribution in [3.8, 4) is 5.75 Å². The van der Waals surface area contributed by atoms with Crippen LogP contribution in [0.1, 0.15) is 63.2 Å². The summed E-state index contributed by atoms with van der Waals surface area (Å²) in [7, 11) is 0. The van der Waals surface area contributed by atoms with Crippen LogP contribution in [-0.2, 0) is 19.4 Å². The molecule has 1 N–H and O–H groups in total. The molecule has 1 aliphatic carbocycles. The van der Waals surface area contributed by atoms with Crippen molar-refractivity contribution in [1.82, 2.24) is 0 Å². The Morgan fingerprint density at radius 1 is 0.946 bits per heavy atom. The smallest absolute Gasteiger partial charge is 0.259 e. The maximum absolute atomic E-state index is 13.4. The van der Waals surface area contributed by atoms with E-state index < -0.39 is 0 Å². The second-order valence-electron chi connectivity index (χ2n) is 9.52. The topological polar surface area (TPSA) is 50.7 Å². The summed E-state index contributed by atoms with van der Waals surface area (Å²) < 4.78 is 5.96. The summed E-state index contributed by atoms with van der Waals surface area (Å²) in [6.45, 7) is 2.62. The summed E-state index contributed by atoms with van der Waals surface area (Å²) in [4.78, 5) is 19.6. The van der Waals surface area contributed by atoms with Gasteiger partial charge in [0.25, 0.3) is 5.91 Å². The summed E-state index contributed by atoms with van der Waals surface area (Å²) in [6.07, 6.45) is 8.55. The highest BCUT2D eigenvalue weighted by atomic mass is 32.1. The number of fused-ring (bicyclic) bond motifs is 1. The molecular formula is C32H32N2O2S. The molecule has 1 aromatic heterocycles. The molecule has 5 heteroatoms. The number of ether oxygens (including phenoxy) is 1. The van der Waals surface area contributed by atoms with Crippen LogP contribution in [0.2, 0.25) is 0 Å². The third-order valence-corrected chi connectivity index (χ3v) is 7.81. The number of para-hydroxylation sites is 1. The highest BCUT2D eigenvalue weighted by Gasteiger charge is 2.24. The van der Waals surface area contributed by atoms with Crippen LogP contribution in [0.3, 0.4) is 0 Å². The molecule has 0 spiro atoms. The van der Waals surface area contributed by atoms with E-state index in [1.165, 1.54) is 35.3 Å². The maximum atomic E-state index is 13.4. The monoisotopic (exact) mass is 508 g/mol. The van der Waals surface area contributed by atoms with Crippen molar-refractivity contribution in [1.29, 1.82) is 0 Å². The fourth-order valence-corrected chi connectivity index (χ4v) is 5.93. The van der Waals surface area contributed by atoms with Gasteiger partial charge in [0.15, 0.2) is 0 Å². The lowest BCUT2D eigenvalue weighted by molar-refractivity contribution is 0.102. The first kappa shape index (κ1) is 25.0. The third-order valence-electron chi connectivity index (χ3n) is 6.61. The fourth-order valence-electron chi connectivity index (χ4n) is 4.70. The van der Waals surface area contributed by atoms with Crippen LogP contribution < -0.4 is 10.1 Å². The van der Waals surface area contributed by atoms with E-state index in [1.54, 1.807) is 11.3 Å². The van der Waals surface area contributed by atoms with Crippen LogP contribution in [0.25, 0.3) is 0 Å². The first-order valence-electron chi connectivity index (χ1n) is 13.0. The van der Waals surface area contributed by atoms with Crippen molar-refractivity contribution in [3.63, 3.8) is 0 Å². The van der Waals surface area contributed by atoms with Gasteiger partial charge in [-0.3, -0.25) is 4.79 Å². The van der Waals surface area contributed by atoms with Crippen LogP contribution in [-0.4, -0.2) is 12.1 Å². The largest absolute Gasteiger partial charge is 0.489 e. The number of hydrogen-bond donors (Lipinski definition) is 1. The molecule has 0 saturated heterocycles. The lowest BCUT2D eigenvalue weighted by Crippen LogP contribution is -2.14. The first-order valence-corrected chi connectivity index (χ1v) is 13.8. The van der Waals surface area contributed by atoms with E-state index in [9.17, 15) is 4.79 Å². The number of thiophene rings is 1. The predicted octanol–water partition coefficient (Wildman–Crippen LogP) is 8.30. The molecule has 1 aliphatic rings. The highest BCUT2D eigenvalue weighted by molar-refractivity contribution is 7.16. The Balaban J connectivity index is 1.34. The number of nitrogens with zero attached hydrogens (tertiary/aromatic N) is 1. The van der Waals surface area contributed by atoms with E-state index >= 15 is 0 Å². The average Bonchev–Trinajstić information content (AvgIpc) is 3.23. The second-order valence-corrected chi connectivity index (χ2v) is 10.6. The van der Waals surface area contributed by atoms with E-state index in [2.05, 4.69) is 30.4 Å². The molecule has 37 heavy (non-hydrogen) atoms. The number of aliphatic imine (C=N–C) groups is 1. The Morgan fingerprint density at radius 2 is 1.73 bits per heavy atom. The number of rotatable bonds is 7. The quantitative estimate of drug-likeness (QED) is 0.255. The minimum Gasteiger partial charge on any atom is -0.489 e. The Labute approximate surface area is 223 Å². The Hall–Kier alpha value is -3.70. The predicted molar refractivity (Wildman–Crippen MR) is 154 cm³/mol. The first-order chi connectivity index (χ1) is 18.2. The molecule has 188 valence electrons. The number of aryl methyl sites for hydroxylation is 2. The highest BCUT2D eigenvalue weighted by Crippen LogP contribution is 2.39. The zero-order chi connectivity index (χ0) is 25.5. The molecule has 4 aromatic rings. The molecule has 3 aromatic carbocycles. The summed E-state index contributed by atoms with van der Waals surface area (Å²) >= 11 is 1.67. The Morgan fingerprint density at radius 3 is 2.51 bits per heavy atom. The summed E-state index contributed by atoms with van der Waals surface area (Å²) in [5.41, 5.74) is 6.07. The van der Waals surface area contributed by atoms with Gasteiger partial charge >= 0.3 is 0 Å². The van der Waals surface area contributed by atoms with Gasteiger partial charge in [-0.05, 0) is 85.7 Å². The molecule has 0 unspecified atom stereocenters. The Bertz CT molecular complexity index is 1370. The third kappa shape index (κ3) is 6.55. The van der Waals surface area contributed by atoms with Crippen molar-refractivity contribution in [2.75, 3.05) is 5.32 Å². The van der Waals surface area contributed by atoms with Gasteiger partial charge in [-0.2, -0.15) is 0 Å². The number of hydrogen-bond acceptors (Lipinski definition) is 4. The van der Waals surface area contributed by atoms with E-state index in [-0.39, 0.29) is 5.91 Å². The van der Waals surface area contributed by atoms with Crippen LogP contribution in [0.4, 0.5) is 10.7 Å². The second kappa shape index (κ2) is 12.0. The van der Waals surface area contributed by atoms with E-state index in [0.29, 0.717) is 6.61 Å². The molecule has 1 amide bonds. The number of nitrogens with one attached hydrogen (secondary N) is 1. The lowest BCUT2D eigenvalue weighted by Gasteiger charge is -2.12. The van der Waals surface area contributed by atoms with E-state index in [4.69, 9.17) is 9.73 Å². The molecular weight excluding hydrogens is 476 g/mol. The molecule has 1 heterocycles. The van der Waals surface area contributed by atoms with E-state index in [1.807, 2.05) is 66.9 Å². The normalized spacial score (nSPS) is 13.5. The minimum absolute atomic E-state index is 0.0729. The van der Waals surface area contributed by atoms with Crippen molar-refractivity contribution in [2.24, 2.45) is 4.99 Å².